The minimum Gasteiger partial charge on any atom is -0.497 e. The van der Waals surface area contributed by atoms with Crippen molar-refractivity contribution in [1.82, 2.24) is 19.9 Å². The number of ether oxygens (including phenoxy) is 1. The lowest BCUT2D eigenvalue weighted by Gasteiger charge is -2.09. The van der Waals surface area contributed by atoms with Gasteiger partial charge in [0, 0.05) is 30.6 Å². The van der Waals surface area contributed by atoms with Gasteiger partial charge >= 0.3 is 0 Å². The van der Waals surface area contributed by atoms with Gasteiger partial charge in [-0.1, -0.05) is 12.1 Å². The molecule has 0 aliphatic heterocycles. The van der Waals surface area contributed by atoms with Gasteiger partial charge in [-0.15, -0.1) is 0 Å². The molecule has 0 aliphatic rings. The van der Waals surface area contributed by atoms with Crippen molar-refractivity contribution in [1.29, 1.82) is 0 Å². The molecule has 3 N–H and O–H groups in total. The number of hydrogen-bond acceptors (Lipinski definition) is 8. The summed E-state index contributed by atoms with van der Waals surface area (Å²) in [4.78, 5) is 39.3. The first-order chi connectivity index (χ1) is 16.8. The van der Waals surface area contributed by atoms with Crippen LogP contribution in [0, 0.1) is 0 Å². The maximum Gasteiger partial charge on any atom is 0.274 e. The Bertz CT molecular complexity index is 1490. The summed E-state index contributed by atoms with van der Waals surface area (Å²) in [5, 5.41) is 2.61. The Labute approximate surface area is 200 Å². The molecule has 12 heteroatoms. The van der Waals surface area contributed by atoms with Gasteiger partial charge in [0.15, 0.2) is 0 Å². The summed E-state index contributed by atoms with van der Waals surface area (Å²) in [5.74, 6) is 0.351. The third-order valence-corrected chi connectivity index (χ3v) is 6.11. The number of rotatable bonds is 8. The Morgan fingerprint density at radius 1 is 1.03 bits per heavy atom. The number of sulfonamides is 1. The van der Waals surface area contributed by atoms with Gasteiger partial charge in [0.25, 0.3) is 21.5 Å². The van der Waals surface area contributed by atoms with Gasteiger partial charge in [-0.25, -0.2) is 28.1 Å². The summed E-state index contributed by atoms with van der Waals surface area (Å²) in [7, 11) is -2.34. The predicted molar refractivity (Wildman–Crippen MR) is 128 cm³/mol. The first-order valence-corrected chi connectivity index (χ1v) is 11.8. The summed E-state index contributed by atoms with van der Waals surface area (Å²) in [5.41, 5.74) is 0.655. The smallest absolute Gasteiger partial charge is 0.274 e. The molecule has 0 fully saturated rings. The lowest BCUT2D eigenvalue weighted by Crippen LogP contribution is -2.20. The summed E-state index contributed by atoms with van der Waals surface area (Å²) >= 11 is 0. The third-order valence-electron chi connectivity index (χ3n) is 4.77. The van der Waals surface area contributed by atoms with Crippen LogP contribution in [0.4, 0.5) is 11.6 Å². The number of aromatic amines is 1. The molecule has 4 aromatic rings. The van der Waals surface area contributed by atoms with E-state index >= 15 is 0 Å². The number of aromatic nitrogens is 4. The summed E-state index contributed by atoms with van der Waals surface area (Å²) in [6.07, 6.45) is 3.13. The normalized spacial score (nSPS) is 11.0. The van der Waals surface area contributed by atoms with E-state index in [1.54, 1.807) is 25.3 Å². The van der Waals surface area contributed by atoms with Gasteiger partial charge in [0.05, 0.1) is 12.0 Å². The Balaban J connectivity index is 1.46. The molecule has 0 radical (unpaired) electrons. The molecule has 0 saturated heterocycles. The summed E-state index contributed by atoms with van der Waals surface area (Å²) in [6.45, 7) is 0. The van der Waals surface area contributed by atoms with E-state index < -0.39 is 21.5 Å². The fourth-order valence-corrected chi connectivity index (χ4v) is 4.05. The van der Waals surface area contributed by atoms with Gasteiger partial charge in [-0.2, -0.15) is 0 Å². The van der Waals surface area contributed by atoms with Crippen LogP contribution in [-0.4, -0.2) is 41.4 Å². The first kappa shape index (κ1) is 23.6. The molecule has 35 heavy (non-hydrogen) atoms. The zero-order valence-corrected chi connectivity index (χ0v) is 19.2. The molecule has 4 rings (SSSR count). The highest BCUT2D eigenvalue weighted by molar-refractivity contribution is 7.92. The van der Waals surface area contributed by atoms with E-state index in [0.29, 0.717) is 23.7 Å². The van der Waals surface area contributed by atoms with Gasteiger partial charge in [0.2, 0.25) is 5.95 Å². The standard InChI is InChI=1S/C23H20N6O5S/c1-34-17-7-3-15(4-8-17)13-20-27-19(14-21(30)28-20)22(31)26-16-5-9-18(10-6-16)35(32,33)29-23-24-11-2-12-25-23/h2-12,14H,13H2,1H3,(H,26,31)(H,24,25,29)(H,27,28,30). The predicted octanol–water partition coefficient (Wildman–Crippen LogP) is 2.21. The van der Waals surface area contributed by atoms with Crippen LogP contribution in [-0.2, 0) is 16.4 Å². The van der Waals surface area contributed by atoms with E-state index in [1.165, 1.54) is 36.7 Å². The number of carbonyl (C=O) groups is 1. The molecule has 178 valence electrons. The number of amides is 1. The second-order valence-electron chi connectivity index (χ2n) is 7.26. The molecule has 0 saturated carbocycles. The number of H-pyrrole nitrogens is 1. The number of methoxy groups -OCH3 is 1. The molecule has 2 heterocycles. The Kier molecular flexibility index (Phi) is 6.83. The van der Waals surface area contributed by atoms with Crippen LogP contribution in [0.3, 0.4) is 0 Å². The molecule has 11 nitrogen and oxygen atoms in total. The van der Waals surface area contributed by atoms with Crippen molar-refractivity contribution in [3.63, 3.8) is 0 Å². The van der Waals surface area contributed by atoms with Crippen LogP contribution in [0.1, 0.15) is 21.9 Å². The largest absolute Gasteiger partial charge is 0.497 e. The SMILES string of the molecule is COc1ccc(Cc2nc(C(=O)Nc3ccc(S(=O)(=O)Nc4ncccn4)cc3)cc(=O)[nH]2)cc1. The summed E-state index contributed by atoms with van der Waals surface area (Å²) < 4.78 is 32.4. The molecule has 0 atom stereocenters. The molecule has 0 unspecified atom stereocenters. The number of hydrogen-bond donors (Lipinski definition) is 3. The number of carbonyl (C=O) groups excluding carboxylic acids is 1. The average molecular weight is 493 g/mol. The second-order valence-corrected chi connectivity index (χ2v) is 8.94. The van der Waals surface area contributed by atoms with Crippen LogP contribution in [0.2, 0.25) is 0 Å². The van der Waals surface area contributed by atoms with Crippen molar-refractivity contribution in [2.24, 2.45) is 0 Å². The molecule has 0 bridgehead atoms. The Morgan fingerprint density at radius 2 is 1.71 bits per heavy atom. The molecule has 2 aromatic carbocycles. The zero-order valence-electron chi connectivity index (χ0n) is 18.4. The third kappa shape index (κ3) is 6.06. The fourth-order valence-electron chi connectivity index (χ4n) is 3.09. The lowest BCUT2D eigenvalue weighted by atomic mass is 10.1. The molecule has 0 spiro atoms. The zero-order chi connectivity index (χ0) is 24.8. The van der Waals surface area contributed by atoms with Crippen molar-refractivity contribution in [3.05, 3.63) is 100 Å². The minimum atomic E-state index is -3.91. The number of benzene rings is 2. The highest BCUT2D eigenvalue weighted by atomic mass is 32.2. The van der Waals surface area contributed by atoms with Gasteiger partial charge in [-0.05, 0) is 48.0 Å². The highest BCUT2D eigenvalue weighted by Gasteiger charge is 2.16. The van der Waals surface area contributed by atoms with Crippen molar-refractivity contribution in [2.45, 2.75) is 11.3 Å². The van der Waals surface area contributed by atoms with Gasteiger partial charge in [0.1, 0.15) is 17.3 Å². The van der Waals surface area contributed by atoms with Gasteiger partial charge < -0.3 is 15.0 Å². The molecular weight excluding hydrogens is 472 g/mol. The number of nitrogens with zero attached hydrogens (tertiary/aromatic N) is 3. The summed E-state index contributed by atoms with van der Waals surface area (Å²) in [6, 6.07) is 15.4. The Hall–Kier alpha value is -4.58. The molecular formula is C23H20N6O5S. The Morgan fingerprint density at radius 3 is 2.37 bits per heavy atom. The molecule has 1 amide bonds. The monoisotopic (exact) mass is 492 g/mol. The van der Waals surface area contributed by atoms with E-state index in [1.807, 2.05) is 12.1 Å². The van der Waals surface area contributed by atoms with Crippen LogP contribution in [0.5, 0.6) is 5.75 Å². The van der Waals surface area contributed by atoms with E-state index in [4.69, 9.17) is 4.74 Å². The topological polar surface area (TPSA) is 156 Å². The van der Waals surface area contributed by atoms with Crippen molar-refractivity contribution in [2.75, 3.05) is 17.1 Å². The van der Waals surface area contributed by atoms with Crippen molar-refractivity contribution >= 4 is 27.6 Å². The van der Waals surface area contributed by atoms with Crippen molar-refractivity contribution < 1.29 is 17.9 Å². The maximum atomic E-state index is 12.7. The van der Waals surface area contributed by atoms with Crippen LogP contribution >= 0.6 is 0 Å². The fraction of sp³-hybridized carbons (Fsp3) is 0.0870. The average Bonchev–Trinajstić information content (AvgIpc) is 2.85. The lowest BCUT2D eigenvalue weighted by molar-refractivity contribution is 0.102. The van der Waals surface area contributed by atoms with Crippen LogP contribution < -0.4 is 20.3 Å². The first-order valence-electron chi connectivity index (χ1n) is 10.3. The highest BCUT2D eigenvalue weighted by Crippen LogP contribution is 2.17. The van der Waals surface area contributed by atoms with Crippen molar-refractivity contribution in [3.8, 4) is 5.75 Å². The van der Waals surface area contributed by atoms with Crippen LogP contribution in [0.15, 0.2) is 82.7 Å². The van der Waals surface area contributed by atoms with Gasteiger partial charge in [-0.3, -0.25) is 9.59 Å². The number of anilines is 2. The van der Waals surface area contributed by atoms with E-state index in [9.17, 15) is 18.0 Å². The van der Waals surface area contributed by atoms with E-state index in [-0.39, 0.29) is 16.5 Å². The quantitative estimate of drug-likeness (QED) is 0.338. The molecule has 2 aromatic heterocycles. The second kappa shape index (κ2) is 10.1. The maximum absolute atomic E-state index is 12.7. The van der Waals surface area contributed by atoms with E-state index in [0.717, 1.165) is 11.6 Å². The van der Waals surface area contributed by atoms with E-state index in [2.05, 4.69) is 30.0 Å². The number of nitrogens with one attached hydrogen (secondary N) is 3. The van der Waals surface area contributed by atoms with Crippen LogP contribution in [0.25, 0.3) is 0 Å². The molecule has 0 aliphatic carbocycles. The minimum absolute atomic E-state index is 0.0426.